The zero-order valence-corrected chi connectivity index (χ0v) is 12.5. The van der Waals surface area contributed by atoms with E-state index in [0.29, 0.717) is 10.6 Å². The van der Waals surface area contributed by atoms with Gasteiger partial charge in [0.25, 0.3) is 0 Å². The highest BCUT2D eigenvalue weighted by Gasteiger charge is 2.21. The van der Waals surface area contributed by atoms with Gasteiger partial charge in [-0.15, -0.1) is 11.8 Å². The molecule has 2 aromatic carbocycles. The van der Waals surface area contributed by atoms with Crippen LogP contribution in [0.1, 0.15) is 0 Å². The number of halogens is 1. The van der Waals surface area contributed by atoms with E-state index in [1.807, 2.05) is 6.26 Å². The maximum absolute atomic E-state index is 12.6. The van der Waals surface area contributed by atoms with E-state index in [0.717, 1.165) is 0 Å². The van der Waals surface area contributed by atoms with Crippen LogP contribution < -0.4 is 5.73 Å². The molecule has 19 heavy (non-hydrogen) atoms. The SMILES string of the molecule is CSc1ccccc1S(=O)(=O)c1ccc(N)c(Cl)c1. The van der Waals surface area contributed by atoms with Crippen LogP contribution in [0.15, 0.2) is 57.2 Å². The Morgan fingerprint density at radius 2 is 1.84 bits per heavy atom. The summed E-state index contributed by atoms with van der Waals surface area (Å²) < 4.78 is 25.1. The minimum absolute atomic E-state index is 0.146. The van der Waals surface area contributed by atoms with Crippen LogP contribution in [0.4, 0.5) is 5.69 Å². The van der Waals surface area contributed by atoms with Gasteiger partial charge in [0, 0.05) is 4.90 Å². The summed E-state index contributed by atoms with van der Waals surface area (Å²) in [6.07, 6.45) is 1.84. The Kier molecular flexibility index (Phi) is 4.08. The predicted octanol–water partition coefficient (Wildman–Crippen LogP) is 3.48. The lowest BCUT2D eigenvalue weighted by Crippen LogP contribution is -2.04. The summed E-state index contributed by atoms with van der Waals surface area (Å²) in [5.41, 5.74) is 5.96. The molecule has 6 heteroatoms. The van der Waals surface area contributed by atoms with E-state index in [2.05, 4.69) is 0 Å². The Bertz CT molecular complexity index is 714. The summed E-state index contributed by atoms with van der Waals surface area (Å²) >= 11 is 7.27. The second-order valence-electron chi connectivity index (χ2n) is 3.84. The lowest BCUT2D eigenvalue weighted by atomic mass is 10.3. The zero-order chi connectivity index (χ0) is 14.0. The Hall–Kier alpha value is -1.17. The maximum Gasteiger partial charge on any atom is 0.207 e. The summed E-state index contributed by atoms with van der Waals surface area (Å²) in [4.78, 5) is 1.13. The summed E-state index contributed by atoms with van der Waals surface area (Å²) in [6, 6.07) is 11.2. The third-order valence-electron chi connectivity index (χ3n) is 2.64. The number of thioether (sulfide) groups is 1. The minimum Gasteiger partial charge on any atom is -0.398 e. The Balaban J connectivity index is 2.62. The van der Waals surface area contributed by atoms with Crippen LogP contribution >= 0.6 is 23.4 Å². The maximum atomic E-state index is 12.6. The first-order chi connectivity index (χ1) is 8.96. The van der Waals surface area contributed by atoms with Crippen LogP contribution in [0, 0.1) is 0 Å². The van der Waals surface area contributed by atoms with E-state index >= 15 is 0 Å². The molecular formula is C13H12ClNO2S2. The van der Waals surface area contributed by atoms with Crippen LogP contribution in [0.5, 0.6) is 0 Å². The molecule has 3 nitrogen and oxygen atoms in total. The van der Waals surface area contributed by atoms with Gasteiger partial charge in [-0.3, -0.25) is 0 Å². The highest BCUT2D eigenvalue weighted by molar-refractivity contribution is 7.99. The largest absolute Gasteiger partial charge is 0.398 e. The molecule has 0 saturated heterocycles. The second kappa shape index (κ2) is 5.45. The van der Waals surface area contributed by atoms with Gasteiger partial charge in [0.1, 0.15) is 0 Å². The Morgan fingerprint density at radius 1 is 1.16 bits per heavy atom. The van der Waals surface area contributed by atoms with Crippen LogP contribution in [0.2, 0.25) is 5.02 Å². The van der Waals surface area contributed by atoms with Gasteiger partial charge < -0.3 is 5.73 Å². The molecule has 0 bridgehead atoms. The summed E-state index contributed by atoms with van der Waals surface area (Å²) in [6.45, 7) is 0. The van der Waals surface area contributed by atoms with E-state index in [-0.39, 0.29) is 14.8 Å². The number of hydrogen-bond acceptors (Lipinski definition) is 4. The number of hydrogen-bond donors (Lipinski definition) is 1. The average molecular weight is 314 g/mol. The summed E-state index contributed by atoms with van der Waals surface area (Å²) in [5, 5.41) is 0.239. The fraction of sp³-hybridized carbons (Fsp3) is 0.0769. The first-order valence-corrected chi connectivity index (χ1v) is 8.48. The van der Waals surface area contributed by atoms with Crippen LogP contribution in [0.25, 0.3) is 0 Å². The van der Waals surface area contributed by atoms with E-state index < -0.39 is 9.84 Å². The zero-order valence-electron chi connectivity index (χ0n) is 10.1. The molecule has 0 amide bonds. The van der Waals surface area contributed by atoms with Gasteiger partial charge in [-0.2, -0.15) is 0 Å². The topological polar surface area (TPSA) is 60.2 Å². The number of benzene rings is 2. The van der Waals surface area contributed by atoms with Crippen molar-refractivity contribution >= 4 is 38.9 Å². The molecule has 100 valence electrons. The summed E-state index contributed by atoms with van der Waals surface area (Å²) in [5.74, 6) is 0. The number of sulfone groups is 1. The molecule has 0 saturated carbocycles. The van der Waals surface area contributed by atoms with Crippen molar-refractivity contribution in [2.45, 2.75) is 14.7 Å². The van der Waals surface area contributed by atoms with Gasteiger partial charge in [0.2, 0.25) is 9.84 Å². The summed E-state index contributed by atoms with van der Waals surface area (Å²) in [7, 11) is -3.58. The molecule has 0 unspecified atom stereocenters. The highest BCUT2D eigenvalue weighted by Crippen LogP contribution is 2.31. The smallest absolute Gasteiger partial charge is 0.207 e. The fourth-order valence-corrected chi connectivity index (χ4v) is 4.32. The van der Waals surface area contributed by atoms with Crippen molar-refractivity contribution in [1.82, 2.24) is 0 Å². The molecule has 0 aliphatic carbocycles. The van der Waals surface area contributed by atoms with Crippen molar-refractivity contribution in [2.24, 2.45) is 0 Å². The molecule has 0 atom stereocenters. The van der Waals surface area contributed by atoms with Gasteiger partial charge in [0.15, 0.2) is 0 Å². The fourth-order valence-electron chi connectivity index (χ4n) is 1.64. The molecular weight excluding hydrogens is 302 g/mol. The monoisotopic (exact) mass is 313 g/mol. The normalized spacial score (nSPS) is 11.5. The van der Waals surface area contributed by atoms with Crippen molar-refractivity contribution in [2.75, 3.05) is 12.0 Å². The van der Waals surface area contributed by atoms with Gasteiger partial charge in [-0.05, 0) is 36.6 Å². The van der Waals surface area contributed by atoms with E-state index in [4.69, 9.17) is 17.3 Å². The third-order valence-corrected chi connectivity index (χ3v) is 5.70. The standard InChI is InChI=1S/C13H12ClNO2S2/c1-18-12-4-2-3-5-13(12)19(16,17)9-6-7-11(15)10(14)8-9/h2-8H,15H2,1H3. The molecule has 2 N–H and O–H groups in total. The molecule has 0 aromatic heterocycles. The van der Waals surface area contributed by atoms with E-state index in [1.54, 1.807) is 24.3 Å². The molecule has 0 fully saturated rings. The van der Waals surface area contributed by atoms with Crippen molar-refractivity contribution in [3.63, 3.8) is 0 Å². The minimum atomic E-state index is -3.58. The van der Waals surface area contributed by atoms with Crippen molar-refractivity contribution in [1.29, 1.82) is 0 Å². The quantitative estimate of drug-likeness (QED) is 0.696. The molecule has 0 heterocycles. The first-order valence-electron chi connectivity index (χ1n) is 5.40. The molecule has 0 radical (unpaired) electrons. The van der Waals surface area contributed by atoms with Crippen LogP contribution in [0.3, 0.4) is 0 Å². The second-order valence-corrected chi connectivity index (χ2v) is 7.01. The predicted molar refractivity (Wildman–Crippen MR) is 79.5 cm³/mol. The third kappa shape index (κ3) is 2.73. The van der Waals surface area contributed by atoms with Crippen LogP contribution in [-0.4, -0.2) is 14.7 Å². The van der Waals surface area contributed by atoms with Gasteiger partial charge in [-0.1, -0.05) is 23.7 Å². The van der Waals surface area contributed by atoms with Crippen LogP contribution in [-0.2, 0) is 9.84 Å². The Morgan fingerprint density at radius 3 is 2.47 bits per heavy atom. The first kappa shape index (κ1) is 14.2. The molecule has 2 rings (SSSR count). The van der Waals surface area contributed by atoms with Crippen molar-refractivity contribution in [3.05, 3.63) is 47.5 Å². The van der Waals surface area contributed by atoms with Crippen molar-refractivity contribution < 1.29 is 8.42 Å². The number of nitrogens with two attached hydrogens (primary N) is 1. The number of anilines is 1. The Labute approximate surface area is 121 Å². The lowest BCUT2D eigenvalue weighted by molar-refractivity contribution is 0.594. The van der Waals surface area contributed by atoms with Crippen molar-refractivity contribution in [3.8, 4) is 0 Å². The number of rotatable bonds is 3. The van der Waals surface area contributed by atoms with E-state index in [9.17, 15) is 8.42 Å². The van der Waals surface area contributed by atoms with Gasteiger partial charge >= 0.3 is 0 Å². The lowest BCUT2D eigenvalue weighted by Gasteiger charge is -2.09. The molecule has 0 aliphatic rings. The van der Waals surface area contributed by atoms with Gasteiger partial charge in [-0.25, -0.2) is 8.42 Å². The molecule has 0 aliphatic heterocycles. The molecule has 2 aromatic rings. The van der Waals surface area contributed by atoms with E-state index in [1.165, 1.54) is 30.0 Å². The highest BCUT2D eigenvalue weighted by atomic mass is 35.5. The molecule has 0 spiro atoms. The number of nitrogen functional groups attached to an aromatic ring is 1. The average Bonchev–Trinajstić information content (AvgIpc) is 2.41. The van der Waals surface area contributed by atoms with Gasteiger partial charge in [0.05, 0.1) is 20.5 Å².